The zero-order valence-electron chi connectivity index (χ0n) is 15.7. The van der Waals surface area contributed by atoms with Gasteiger partial charge >= 0.3 is 0 Å². The van der Waals surface area contributed by atoms with Crippen molar-refractivity contribution < 1.29 is 9.53 Å². The van der Waals surface area contributed by atoms with Crippen molar-refractivity contribution in [3.05, 3.63) is 64.7 Å². The largest absolute Gasteiger partial charge is 0.493 e. The molecule has 26 heavy (non-hydrogen) atoms. The Hall–Kier alpha value is -2.04. The molecule has 140 valence electrons. The highest BCUT2D eigenvalue weighted by Gasteiger charge is 2.12. The molecule has 2 aromatic rings. The summed E-state index contributed by atoms with van der Waals surface area (Å²) in [5.41, 5.74) is 2.41. The summed E-state index contributed by atoms with van der Waals surface area (Å²) in [6.45, 7) is 4.58. The van der Waals surface area contributed by atoms with Gasteiger partial charge in [-0.2, -0.15) is 0 Å². The summed E-state index contributed by atoms with van der Waals surface area (Å²) in [7, 11) is 4.11. The van der Waals surface area contributed by atoms with E-state index in [1.165, 1.54) is 5.56 Å². The first kappa shape index (κ1) is 20.3. The van der Waals surface area contributed by atoms with E-state index < -0.39 is 0 Å². The second kappa shape index (κ2) is 10.2. The van der Waals surface area contributed by atoms with Gasteiger partial charge in [-0.15, -0.1) is 0 Å². The molecule has 0 fully saturated rings. The van der Waals surface area contributed by atoms with Gasteiger partial charge in [-0.25, -0.2) is 0 Å². The van der Waals surface area contributed by atoms with Gasteiger partial charge in [-0.3, -0.25) is 4.79 Å². The summed E-state index contributed by atoms with van der Waals surface area (Å²) in [6, 6.07) is 15.6. The topological polar surface area (TPSA) is 32.8 Å². The van der Waals surface area contributed by atoms with Crippen molar-refractivity contribution in [3.8, 4) is 5.75 Å². The minimum absolute atomic E-state index is 0.0961. The van der Waals surface area contributed by atoms with E-state index in [0.29, 0.717) is 31.1 Å². The van der Waals surface area contributed by atoms with Crippen LogP contribution in [0.1, 0.15) is 24.5 Å². The molecule has 0 aliphatic heterocycles. The fourth-order valence-corrected chi connectivity index (χ4v) is 2.78. The summed E-state index contributed by atoms with van der Waals surface area (Å²) in [4.78, 5) is 16.4. The van der Waals surface area contributed by atoms with Crippen LogP contribution < -0.4 is 4.74 Å². The van der Waals surface area contributed by atoms with Crippen molar-refractivity contribution in [2.75, 3.05) is 27.2 Å². The van der Waals surface area contributed by atoms with E-state index in [0.717, 1.165) is 17.9 Å². The van der Waals surface area contributed by atoms with Crippen molar-refractivity contribution in [1.29, 1.82) is 0 Å². The van der Waals surface area contributed by atoms with Gasteiger partial charge in [0.05, 0.1) is 13.0 Å². The summed E-state index contributed by atoms with van der Waals surface area (Å²) in [5.74, 6) is 0.820. The molecule has 0 N–H and O–H groups in total. The molecule has 0 unspecified atom stereocenters. The fourth-order valence-electron chi connectivity index (χ4n) is 2.66. The van der Waals surface area contributed by atoms with Crippen molar-refractivity contribution in [3.63, 3.8) is 0 Å². The molecule has 2 rings (SSSR count). The van der Waals surface area contributed by atoms with Gasteiger partial charge in [0.15, 0.2) is 0 Å². The van der Waals surface area contributed by atoms with Crippen LogP contribution >= 0.6 is 11.6 Å². The van der Waals surface area contributed by atoms with Crippen molar-refractivity contribution >= 4 is 17.5 Å². The van der Waals surface area contributed by atoms with Crippen LogP contribution in [0.2, 0.25) is 5.02 Å². The smallest absolute Gasteiger partial charge is 0.226 e. The Morgan fingerprint density at radius 1 is 0.962 bits per heavy atom. The van der Waals surface area contributed by atoms with E-state index in [9.17, 15) is 4.79 Å². The average Bonchev–Trinajstić information content (AvgIpc) is 2.62. The van der Waals surface area contributed by atoms with Crippen LogP contribution in [0.25, 0.3) is 0 Å². The second-order valence-electron chi connectivity index (χ2n) is 6.51. The van der Waals surface area contributed by atoms with Gasteiger partial charge in [0.25, 0.3) is 0 Å². The number of hydrogen-bond acceptors (Lipinski definition) is 3. The van der Waals surface area contributed by atoms with E-state index >= 15 is 0 Å². The molecule has 0 saturated carbocycles. The molecule has 1 amide bonds. The summed E-state index contributed by atoms with van der Waals surface area (Å²) in [5, 5.41) is 0.669. The quantitative estimate of drug-likeness (QED) is 0.658. The van der Waals surface area contributed by atoms with E-state index in [2.05, 4.69) is 43.3 Å². The molecule has 4 nitrogen and oxygen atoms in total. The summed E-state index contributed by atoms with van der Waals surface area (Å²) in [6.07, 6.45) is 0.356. The molecule has 0 aliphatic rings. The van der Waals surface area contributed by atoms with Crippen molar-refractivity contribution in [1.82, 2.24) is 9.80 Å². The molecule has 2 aromatic carbocycles. The number of carbonyl (C=O) groups is 1. The van der Waals surface area contributed by atoms with Gasteiger partial charge in [0, 0.05) is 24.7 Å². The highest BCUT2D eigenvalue weighted by molar-refractivity contribution is 6.30. The first-order valence-electron chi connectivity index (χ1n) is 8.86. The third-order valence-corrected chi connectivity index (χ3v) is 4.28. The van der Waals surface area contributed by atoms with E-state index in [1.807, 2.05) is 11.8 Å². The van der Waals surface area contributed by atoms with Gasteiger partial charge in [0.1, 0.15) is 5.75 Å². The molecule has 0 spiro atoms. The van der Waals surface area contributed by atoms with Crippen LogP contribution in [-0.4, -0.2) is 43.0 Å². The minimum atomic E-state index is 0.0961. The maximum atomic E-state index is 12.5. The van der Waals surface area contributed by atoms with Crippen molar-refractivity contribution in [2.24, 2.45) is 0 Å². The summed E-state index contributed by atoms with van der Waals surface area (Å²) >= 11 is 5.85. The Balaban J connectivity index is 1.82. The van der Waals surface area contributed by atoms with Gasteiger partial charge in [-0.05, 0) is 56.4 Å². The molecule has 0 saturated heterocycles. The third-order valence-electron chi connectivity index (χ3n) is 4.03. The number of benzene rings is 2. The van der Waals surface area contributed by atoms with Crippen LogP contribution in [0.4, 0.5) is 0 Å². The Morgan fingerprint density at radius 3 is 2.08 bits per heavy atom. The van der Waals surface area contributed by atoms with Crippen LogP contribution in [0, 0.1) is 0 Å². The fraction of sp³-hybridized carbons (Fsp3) is 0.381. The predicted molar refractivity (Wildman–Crippen MR) is 106 cm³/mol. The Labute approximate surface area is 161 Å². The van der Waals surface area contributed by atoms with Crippen LogP contribution in [0.3, 0.4) is 0 Å². The lowest BCUT2D eigenvalue weighted by Gasteiger charge is -2.21. The first-order chi connectivity index (χ1) is 12.5. The number of amides is 1. The number of halogens is 1. The lowest BCUT2D eigenvalue weighted by Crippen LogP contribution is -2.31. The Bertz CT molecular complexity index is 684. The lowest BCUT2D eigenvalue weighted by atomic mass is 10.1. The number of rotatable bonds is 9. The van der Waals surface area contributed by atoms with Crippen LogP contribution in [0.5, 0.6) is 5.75 Å². The number of hydrogen-bond donors (Lipinski definition) is 0. The van der Waals surface area contributed by atoms with Crippen LogP contribution in [-0.2, 0) is 17.9 Å². The zero-order valence-corrected chi connectivity index (χ0v) is 16.5. The van der Waals surface area contributed by atoms with Crippen molar-refractivity contribution in [2.45, 2.75) is 26.4 Å². The lowest BCUT2D eigenvalue weighted by molar-refractivity contribution is -0.132. The number of carbonyl (C=O) groups excluding carboxylic acids is 1. The maximum Gasteiger partial charge on any atom is 0.226 e. The molecule has 0 heterocycles. The average molecular weight is 375 g/mol. The Kier molecular flexibility index (Phi) is 7.95. The molecular weight excluding hydrogens is 348 g/mol. The third kappa shape index (κ3) is 6.70. The molecule has 0 aromatic heterocycles. The molecule has 0 aliphatic carbocycles. The molecule has 0 bridgehead atoms. The van der Waals surface area contributed by atoms with E-state index in [-0.39, 0.29) is 5.91 Å². The Morgan fingerprint density at radius 2 is 1.54 bits per heavy atom. The number of ether oxygens (including phenoxy) is 1. The summed E-state index contributed by atoms with van der Waals surface area (Å²) < 4.78 is 5.62. The van der Waals surface area contributed by atoms with E-state index in [4.69, 9.17) is 16.3 Å². The first-order valence-corrected chi connectivity index (χ1v) is 9.24. The molecular formula is C21H27ClN2O2. The molecule has 0 atom stereocenters. The second-order valence-corrected chi connectivity index (χ2v) is 6.95. The molecule has 0 radical (unpaired) electrons. The standard InChI is InChI=1S/C21H27ClN2O2/c1-4-24(16-18-7-5-17(6-8-18)15-23(2)3)21(25)13-14-26-20-11-9-19(22)10-12-20/h5-12H,4,13-16H2,1-3H3. The predicted octanol–water partition coefficient (Wildman–Crippen LogP) is 4.22. The SMILES string of the molecule is CCN(Cc1ccc(CN(C)C)cc1)C(=O)CCOc1ccc(Cl)cc1. The number of nitrogens with zero attached hydrogens (tertiary/aromatic N) is 2. The minimum Gasteiger partial charge on any atom is -0.493 e. The van der Waals surface area contributed by atoms with Gasteiger partial charge in [-0.1, -0.05) is 35.9 Å². The molecule has 5 heteroatoms. The maximum absolute atomic E-state index is 12.5. The van der Waals surface area contributed by atoms with E-state index in [1.54, 1.807) is 24.3 Å². The van der Waals surface area contributed by atoms with Crippen LogP contribution in [0.15, 0.2) is 48.5 Å². The highest BCUT2D eigenvalue weighted by Crippen LogP contribution is 2.16. The normalized spacial score (nSPS) is 10.8. The monoisotopic (exact) mass is 374 g/mol. The van der Waals surface area contributed by atoms with Gasteiger partial charge in [0.2, 0.25) is 5.91 Å². The zero-order chi connectivity index (χ0) is 18.9. The van der Waals surface area contributed by atoms with Gasteiger partial charge < -0.3 is 14.5 Å². The highest BCUT2D eigenvalue weighted by atomic mass is 35.5.